The van der Waals surface area contributed by atoms with Gasteiger partial charge in [0.05, 0.1) is 5.41 Å². The van der Waals surface area contributed by atoms with Gasteiger partial charge in [0.15, 0.2) is 0 Å². The molecule has 0 N–H and O–H groups in total. The van der Waals surface area contributed by atoms with E-state index in [1.54, 1.807) is 30.3 Å². The molecule has 20 heavy (non-hydrogen) atoms. The minimum absolute atomic E-state index is 0.176. The molecule has 1 aliphatic heterocycles. The Bertz CT molecular complexity index is 512. The zero-order chi connectivity index (χ0) is 14.6. The van der Waals surface area contributed by atoms with Gasteiger partial charge < -0.3 is 4.74 Å². The van der Waals surface area contributed by atoms with E-state index in [2.05, 4.69) is 6.58 Å². The summed E-state index contributed by atoms with van der Waals surface area (Å²) < 4.78 is 5.24. The number of rotatable bonds is 3. The predicted octanol–water partition coefficient (Wildman–Crippen LogP) is 3.39. The van der Waals surface area contributed by atoms with Crippen LogP contribution in [0.3, 0.4) is 0 Å². The van der Waals surface area contributed by atoms with E-state index in [-0.39, 0.29) is 5.91 Å². The maximum atomic E-state index is 12.4. The van der Waals surface area contributed by atoms with Crippen LogP contribution >= 0.6 is 0 Å². The predicted molar refractivity (Wildman–Crippen MR) is 76.3 cm³/mol. The lowest BCUT2D eigenvalue weighted by molar-refractivity contribution is -0.142. The molecule has 1 fully saturated rings. The summed E-state index contributed by atoms with van der Waals surface area (Å²) in [6.07, 6.45) is 3.26. The molecule has 0 spiro atoms. The molecular weight excluding hydrogens is 254 g/mol. The van der Waals surface area contributed by atoms with Gasteiger partial charge in [0.25, 0.3) is 0 Å². The van der Waals surface area contributed by atoms with Crippen LogP contribution in [-0.2, 0) is 4.79 Å². The SMILES string of the molecule is C=CCC1(C)CCCN(C(=O)Oc2ccccc2)C1=O. The number of likely N-dealkylation sites (tertiary alicyclic amines) is 1. The van der Waals surface area contributed by atoms with Gasteiger partial charge in [-0.05, 0) is 31.4 Å². The fourth-order valence-corrected chi connectivity index (χ4v) is 2.49. The van der Waals surface area contributed by atoms with Crippen molar-refractivity contribution in [3.05, 3.63) is 43.0 Å². The molecular formula is C16H19NO3. The number of allylic oxidation sites excluding steroid dienone is 1. The van der Waals surface area contributed by atoms with Crippen LogP contribution in [-0.4, -0.2) is 23.4 Å². The number of imide groups is 1. The normalized spacial score (nSPS) is 22.4. The second-order valence-corrected chi connectivity index (χ2v) is 5.29. The van der Waals surface area contributed by atoms with Gasteiger partial charge in [0.2, 0.25) is 5.91 Å². The van der Waals surface area contributed by atoms with Crippen LogP contribution in [0.1, 0.15) is 26.2 Å². The minimum Gasteiger partial charge on any atom is -0.410 e. The second kappa shape index (κ2) is 5.90. The number of ether oxygens (including phenoxy) is 1. The number of piperidine rings is 1. The molecule has 0 saturated carbocycles. The number of nitrogens with zero attached hydrogens (tertiary/aromatic N) is 1. The van der Waals surface area contributed by atoms with Crippen molar-refractivity contribution in [2.45, 2.75) is 26.2 Å². The van der Waals surface area contributed by atoms with Crippen molar-refractivity contribution in [1.82, 2.24) is 4.90 Å². The molecule has 1 aliphatic rings. The molecule has 1 aromatic carbocycles. The number of amides is 2. The zero-order valence-electron chi connectivity index (χ0n) is 11.7. The number of carbonyl (C=O) groups excluding carboxylic acids is 2. The van der Waals surface area contributed by atoms with Gasteiger partial charge in [-0.1, -0.05) is 31.2 Å². The maximum Gasteiger partial charge on any atom is 0.421 e. The van der Waals surface area contributed by atoms with Gasteiger partial charge >= 0.3 is 6.09 Å². The topological polar surface area (TPSA) is 46.6 Å². The van der Waals surface area contributed by atoms with Crippen LogP contribution in [0, 0.1) is 5.41 Å². The average Bonchev–Trinajstić information content (AvgIpc) is 2.43. The van der Waals surface area contributed by atoms with Crippen molar-refractivity contribution >= 4 is 12.0 Å². The molecule has 2 amide bonds. The molecule has 0 radical (unpaired) electrons. The summed E-state index contributed by atoms with van der Waals surface area (Å²) in [5, 5.41) is 0. The fourth-order valence-electron chi connectivity index (χ4n) is 2.49. The van der Waals surface area contributed by atoms with Crippen molar-refractivity contribution in [3.8, 4) is 5.75 Å². The van der Waals surface area contributed by atoms with E-state index in [1.807, 2.05) is 13.0 Å². The third kappa shape index (κ3) is 2.90. The van der Waals surface area contributed by atoms with E-state index in [1.165, 1.54) is 4.90 Å². The van der Waals surface area contributed by atoms with Crippen LogP contribution in [0.4, 0.5) is 4.79 Å². The smallest absolute Gasteiger partial charge is 0.410 e. The quantitative estimate of drug-likeness (QED) is 0.793. The summed E-state index contributed by atoms with van der Waals surface area (Å²) in [6, 6.07) is 8.78. The lowest BCUT2D eigenvalue weighted by Crippen LogP contribution is -2.50. The molecule has 0 aromatic heterocycles. The Morgan fingerprint density at radius 1 is 1.45 bits per heavy atom. The third-order valence-electron chi connectivity index (χ3n) is 3.64. The molecule has 106 valence electrons. The van der Waals surface area contributed by atoms with Crippen molar-refractivity contribution < 1.29 is 14.3 Å². The van der Waals surface area contributed by atoms with Gasteiger partial charge in [-0.15, -0.1) is 6.58 Å². The summed E-state index contributed by atoms with van der Waals surface area (Å²) in [5.41, 5.74) is -0.546. The molecule has 1 atom stereocenters. The van der Waals surface area contributed by atoms with E-state index in [0.717, 1.165) is 12.8 Å². The first-order valence-electron chi connectivity index (χ1n) is 6.76. The monoisotopic (exact) mass is 273 g/mol. The highest BCUT2D eigenvalue weighted by Gasteiger charge is 2.41. The van der Waals surface area contributed by atoms with Crippen LogP contribution in [0.25, 0.3) is 0 Å². The Labute approximate surface area is 119 Å². The van der Waals surface area contributed by atoms with Gasteiger partial charge in [-0.3, -0.25) is 4.79 Å². The van der Waals surface area contributed by atoms with Gasteiger partial charge in [-0.2, -0.15) is 0 Å². The molecule has 1 saturated heterocycles. The number of hydrogen-bond donors (Lipinski definition) is 0. The summed E-state index contributed by atoms with van der Waals surface area (Å²) in [6.45, 7) is 5.97. The molecule has 1 aromatic rings. The molecule has 4 nitrogen and oxygen atoms in total. The van der Waals surface area contributed by atoms with Crippen molar-refractivity contribution in [3.63, 3.8) is 0 Å². The summed E-state index contributed by atoms with van der Waals surface area (Å²) >= 11 is 0. The highest BCUT2D eigenvalue weighted by Crippen LogP contribution is 2.34. The minimum atomic E-state index is -0.601. The highest BCUT2D eigenvalue weighted by atomic mass is 16.6. The Balaban J connectivity index is 2.09. The molecule has 0 aliphatic carbocycles. The standard InChI is InChI=1S/C16H19NO3/c1-3-10-16(2)11-7-12-17(14(16)18)15(19)20-13-8-5-4-6-9-13/h3-6,8-9H,1,7,10-12H2,2H3. The van der Waals surface area contributed by atoms with Gasteiger partial charge in [0, 0.05) is 6.54 Å². The Kier molecular flexibility index (Phi) is 4.23. The first-order chi connectivity index (χ1) is 9.57. The summed E-state index contributed by atoms with van der Waals surface area (Å²) in [5.74, 6) is 0.269. The summed E-state index contributed by atoms with van der Waals surface area (Å²) in [7, 11) is 0. The Morgan fingerprint density at radius 3 is 2.80 bits per heavy atom. The van der Waals surface area contributed by atoms with E-state index < -0.39 is 11.5 Å². The number of para-hydroxylation sites is 1. The molecule has 0 bridgehead atoms. The lowest BCUT2D eigenvalue weighted by atomic mass is 9.78. The number of benzene rings is 1. The van der Waals surface area contributed by atoms with Crippen LogP contribution < -0.4 is 4.74 Å². The second-order valence-electron chi connectivity index (χ2n) is 5.29. The third-order valence-corrected chi connectivity index (χ3v) is 3.64. The van der Waals surface area contributed by atoms with E-state index >= 15 is 0 Å². The van der Waals surface area contributed by atoms with Crippen molar-refractivity contribution in [1.29, 1.82) is 0 Å². The number of carbonyl (C=O) groups is 2. The fraction of sp³-hybridized carbons (Fsp3) is 0.375. The number of hydrogen-bond acceptors (Lipinski definition) is 3. The van der Waals surface area contributed by atoms with Crippen LogP contribution in [0.15, 0.2) is 43.0 Å². The maximum absolute atomic E-state index is 12.4. The molecule has 1 heterocycles. The Morgan fingerprint density at radius 2 is 2.15 bits per heavy atom. The molecule has 4 heteroatoms. The first kappa shape index (κ1) is 14.3. The van der Waals surface area contributed by atoms with Crippen molar-refractivity contribution in [2.75, 3.05) is 6.54 Å². The summed E-state index contributed by atoms with van der Waals surface area (Å²) in [4.78, 5) is 25.8. The van der Waals surface area contributed by atoms with Gasteiger partial charge in [-0.25, -0.2) is 9.69 Å². The Hall–Kier alpha value is -2.10. The highest BCUT2D eigenvalue weighted by molar-refractivity contribution is 5.96. The average molecular weight is 273 g/mol. The van der Waals surface area contributed by atoms with E-state index in [9.17, 15) is 9.59 Å². The van der Waals surface area contributed by atoms with Crippen LogP contribution in [0.5, 0.6) is 5.75 Å². The van der Waals surface area contributed by atoms with E-state index in [0.29, 0.717) is 18.7 Å². The zero-order valence-corrected chi connectivity index (χ0v) is 11.7. The molecule has 1 unspecified atom stereocenters. The van der Waals surface area contributed by atoms with Crippen molar-refractivity contribution in [2.24, 2.45) is 5.41 Å². The molecule has 2 rings (SSSR count). The van der Waals surface area contributed by atoms with Gasteiger partial charge in [0.1, 0.15) is 5.75 Å². The van der Waals surface area contributed by atoms with Crippen LogP contribution in [0.2, 0.25) is 0 Å². The van der Waals surface area contributed by atoms with E-state index in [4.69, 9.17) is 4.74 Å². The largest absolute Gasteiger partial charge is 0.421 e. The lowest BCUT2D eigenvalue weighted by Gasteiger charge is -2.37. The first-order valence-corrected chi connectivity index (χ1v) is 6.76.